The Kier molecular flexibility index (Phi) is 7.18. The molecule has 2 fully saturated rings. The fourth-order valence-corrected chi connectivity index (χ4v) is 6.41. The van der Waals surface area contributed by atoms with E-state index in [2.05, 4.69) is 21.4 Å². The smallest absolute Gasteiger partial charge is 0.254 e. The number of hydrogen-bond acceptors (Lipinski definition) is 10. The number of nitrogens with one attached hydrogen (secondary N) is 1. The topological polar surface area (TPSA) is 136 Å². The molecular formula is C32H30FN9O2S. The van der Waals surface area contributed by atoms with Crippen LogP contribution in [-0.2, 0) is 11.2 Å². The highest BCUT2D eigenvalue weighted by Gasteiger charge is 2.52. The largest absolute Gasteiger partial charge is 0.380 e. The zero-order chi connectivity index (χ0) is 31.3. The molecular weight excluding hydrogens is 593 g/mol. The van der Waals surface area contributed by atoms with Gasteiger partial charge in [-0.3, -0.25) is 9.20 Å². The van der Waals surface area contributed by atoms with Crippen LogP contribution in [0.15, 0.2) is 55.0 Å². The van der Waals surface area contributed by atoms with E-state index in [4.69, 9.17) is 9.97 Å². The van der Waals surface area contributed by atoms with Crippen LogP contribution in [0.2, 0.25) is 0 Å². The molecule has 1 amide bonds. The number of carbonyl (C=O) groups is 1. The molecule has 4 aromatic heterocycles. The van der Waals surface area contributed by atoms with Gasteiger partial charge in [-0.2, -0.15) is 5.26 Å². The number of aryl methyl sites for hydroxylation is 1. The van der Waals surface area contributed by atoms with Crippen molar-refractivity contribution in [3.05, 3.63) is 71.4 Å². The molecule has 13 heteroatoms. The summed E-state index contributed by atoms with van der Waals surface area (Å²) in [4.78, 5) is 35.0. The molecule has 45 heavy (non-hydrogen) atoms. The number of pyridine rings is 1. The standard InChI is InChI=1S/C32H30FN9O2S/c1-3-24-28(40(2)31-39-27(25(12-34)45-31)20-4-7-23(33)8-5-20)42-18-21(6-9-26(42)38-24)22-14-36-30(37-15-22)35-13-19-16-41(17-19)29(43)32(44)10-11-32/h4-9,14-15,18-19,44H,3,10-11,13,16-17H2,1-2H3,(H,35,36,37). The summed E-state index contributed by atoms with van der Waals surface area (Å²) in [6.07, 6.45) is 7.34. The zero-order valence-corrected chi connectivity index (χ0v) is 25.6. The summed E-state index contributed by atoms with van der Waals surface area (Å²) in [5.41, 5.74) is 3.47. The van der Waals surface area contributed by atoms with E-state index in [1.807, 2.05) is 41.6 Å². The molecule has 0 radical (unpaired) electrons. The first-order valence-electron chi connectivity index (χ1n) is 14.8. The van der Waals surface area contributed by atoms with Crippen LogP contribution >= 0.6 is 11.3 Å². The second-order valence-corrected chi connectivity index (χ2v) is 12.5. The SMILES string of the molecule is CCc1nc2ccc(-c3cnc(NCC4CN(C(=O)C5(O)CC5)C4)nc3)cn2c1N(C)c1nc(-c2ccc(F)cc2)c(C#N)s1. The highest BCUT2D eigenvalue weighted by atomic mass is 32.1. The normalized spacial score (nSPS) is 15.5. The number of nitrogens with zero attached hydrogens (tertiary/aromatic N) is 8. The van der Waals surface area contributed by atoms with Gasteiger partial charge in [-0.05, 0) is 55.7 Å². The van der Waals surface area contributed by atoms with E-state index in [-0.39, 0.29) is 11.7 Å². The lowest BCUT2D eigenvalue weighted by Gasteiger charge is -2.40. The van der Waals surface area contributed by atoms with Gasteiger partial charge in [-0.15, -0.1) is 0 Å². The monoisotopic (exact) mass is 623 g/mol. The lowest BCUT2D eigenvalue weighted by atomic mass is 9.99. The van der Waals surface area contributed by atoms with Crippen molar-refractivity contribution in [3.8, 4) is 28.5 Å². The second-order valence-electron chi connectivity index (χ2n) is 11.5. The third-order valence-electron chi connectivity index (χ3n) is 8.34. The number of nitriles is 1. The molecule has 0 unspecified atom stereocenters. The Bertz CT molecular complexity index is 1940. The van der Waals surface area contributed by atoms with Crippen LogP contribution in [-0.4, -0.2) is 72.5 Å². The van der Waals surface area contributed by atoms with Crippen LogP contribution in [0.1, 0.15) is 30.3 Å². The molecule has 2 aliphatic rings. The minimum atomic E-state index is -1.11. The number of likely N-dealkylation sites (tertiary alicyclic amines) is 1. The molecule has 0 bridgehead atoms. The molecule has 7 rings (SSSR count). The van der Waals surface area contributed by atoms with E-state index in [9.17, 15) is 19.6 Å². The number of rotatable bonds is 9. The van der Waals surface area contributed by atoms with Crippen molar-refractivity contribution in [2.45, 2.75) is 31.8 Å². The zero-order valence-electron chi connectivity index (χ0n) is 24.7. The highest BCUT2D eigenvalue weighted by molar-refractivity contribution is 7.16. The van der Waals surface area contributed by atoms with Crippen molar-refractivity contribution in [1.29, 1.82) is 5.26 Å². The number of anilines is 3. The average molecular weight is 624 g/mol. The summed E-state index contributed by atoms with van der Waals surface area (Å²) in [7, 11) is 1.90. The van der Waals surface area contributed by atoms with Gasteiger partial charge < -0.3 is 20.2 Å². The Morgan fingerprint density at radius 2 is 1.84 bits per heavy atom. The number of imidazole rings is 1. The molecule has 1 saturated carbocycles. The van der Waals surface area contributed by atoms with Crippen molar-refractivity contribution >= 4 is 39.8 Å². The molecule has 1 saturated heterocycles. The van der Waals surface area contributed by atoms with Crippen LogP contribution in [0.4, 0.5) is 21.3 Å². The third-order valence-corrected chi connectivity index (χ3v) is 9.37. The lowest BCUT2D eigenvalue weighted by Crippen LogP contribution is -2.55. The third kappa shape index (κ3) is 5.36. The maximum Gasteiger partial charge on any atom is 0.254 e. The minimum absolute atomic E-state index is 0.150. The number of benzene rings is 1. The number of amides is 1. The Morgan fingerprint density at radius 3 is 2.51 bits per heavy atom. The predicted molar refractivity (Wildman–Crippen MR) is 169 cm³/mol. The van der Waals surface area contributed by atoms with Gasteiger partial charge in [0.2, 0.25) is 5.95 Å². The van der Waals surface area contributed by atoms with Crippen LogP contribution < -0.4 is 10.2 Å². The number of fused-ring (bicyclic) bond motifs is 1. The number of carbonyl (C=O) groups excluding carboxylic acids is 1. The first-order chi connectivity index (χ1) is 21.8. The number of aliphatic hydroxyl groups is 1. The van der Waals surface area contributed by atoms with Crippen LogP contribution in [0.5, 0.6) is 0 Å². The van der Waals surface area contributed by atoms with Gasteiger partial charge >= 0.3 is 0 Å². The van der Waals surface area contributed by atoms with Crippen molar-refractivity contribution in [2.75, 3.05) is 36.9 Å². The molecule has 1 aliphatic carbocycles. The molecule has 228 valence electrons. The van der Waals surface area contributed by atoms with Crippen LogP contribution in [0.25, 0.3) is 28.0 Å². The van der Waals surface area contributed by atoms with E-state index in [0.29, 0.717) is 72.0 Å². The quantitative estimate of drug-likeness (QED) is 0.241. The van der Waals surface area contributed by atoms with Crippen molar-refractivity contribution in [3.63, 3.8) is 0 Å². The summed E-state index contributed by atoms with van der Waals surface area (Å²) in [6, 6.07) is 12.1. The van der Waals surface area contributed by atoms with Gasteiger partial charge in [0.1, 0.15) is 39.5 Å². The summed E-state index contributed by atoms with van der Waals surface area (Å²) >= 11 is 1.27. The summed E-state index contributed by atoms with van der Waals surface area (Å²) in [6.45, 7) is 3.94. The summed E-state index contributed by atoms with van der Waals surface area (Å²) in [5, 5.41) is 23.7. The number of aromatic nitrogens is 5. The van der Waals surface area contributed by atoms with Crippen LogP contribution in [0.3, 0.4) is 0 Å². The first-order valence-corrected chi connectivity index (χ1v) is 15.6. The second kappa shape index (κ2) is 11.2. The van der Waals surface area contributed by atoms with E-state index in [1.54, 1.807) is 29.4 Å². The fraction of sp³-hybridized carbons (Fsp3) is 0.312. The highest BCUT2D eigenvalue weighted by Crippen LogP contribution is 2.39. The Hall–Kier alpha value is -4.93. The minimum Gasteiger partial charge on any atom is -0.380 e. The van der Waals surface area contributed by atoms with Gasteiger partial charge in [0.25, 0.3) is 5.91 Å². The van der Waals surface area contributed by atoms with Gasteiger partial charge in [0, 0.05) is 67.9 Å². The molecule has 0 spiro atoms. The molecule has 1 aliphatic heterocycles. The number of hydrogen-bond donors (Lipinski definition) is 2. The van der Waals surface area contributed by atoms with Crippen molar-refractivity contribution < 1.29 is 14.3 Å². The van der Waals surface area contributed by atoms with E-state index < -0.39 is 5.60 Å². The molecule has 2 N–H and O–H groups in total. The van der Waals surface area contributed by atoms with Crippen molar-refractivity contribution in [2.24, 2.45) is 5.92 Å². The summed E-state index contributed by atoms with van der Waals surface area (Å²) in [5.74, 6) is 1.14. The number of halogens is 1. The Balaban J connectivity index is 1.09. The summed E-state index contributed by atoms with van der Waals surface area (Å²) < 4.78 is 15.5. The molecule has 0 atom stereocenters. The fourth-order valence-electron chi connectivity index (χ4n) is 5.56. The lowest BCUT2D eigenvalue weighted by molar-refractivity contribution is -0.148. The van der Waals surface area contributed by atoms with Crippen LogP contribution in [0, 0.1) is 23.1 Å². The van der Waals surface area contributed by atoms with E-state index in [1.165, 1.54) is 23.5 Å². The maximum atomic E-state index is 13.5. The van der Waals surface area contributed by atoms with Gasteiger partial charge in [-0.1, -0.05) is 18.3 Å². The molecule has 5 heterocycles. The molecule has 1 aromatic carbocycles. The Labute approximate surface area is 262 Å². The van der Waals surface area contributed by atoms with E-state index >= 15 is 0 Å². The number of thiazole rings is 1. The van der Waals surface area contributed by atoms with Crippen molar-refractivity contribution in [1.82, 2.24) is 29.2 Å². The maximum absolute atomic E-state index is 13.5. The molecule has 11 nitrogen and oxygen atoms in total. The van der Waals surface area contributed by atoms with E-state index in [0.717, 1.165) is 28.3 Å². The van der Waals surface area contributed by atoms with Gasteiger partial charge in [-0.25, -0.2) is 24.3 Å². The molecule has 5 aromatic rings. The first kappa shape index (κ1) is 28.8. The average Bonchev–Trinajstić information content (AvgIpc) is 3.48. The van der Waals surface area contributed by atoms with Gasteiger partial charge in [0.15, 0.2) is 5.13 Å². The predicted octanol–water partition coefficient (Wildman–Crippen LogP) is 4.65. The van der Waals surface area contributed by atoms with Gasteiger partial charge in [0.05, 0.1) is 5.69 Å². The Morgan fingerprint density at radius 1 is 1.13 bits per heavy atom.